The SMILES string of the molecule is CN[C@@H]1CC(OC)C[C@H](NC)C1. The molecule has 72 valence electrons. The standard InChI is InChI=1S/C9H20N2O/c1-10-7-4-8(11-2)6-9(5-7)12-3/h7-11H,4-6H2,1-3H3/t7-,8+,9?. The number of hydrogen-bond acceptors (Lipinski definition) is 3. The second kappa shape index (κ2) is 4.80. The van der Waals surface area contributed by atoms with Gasteiger partial charge in [-0.1, -0.05) is 0 Å². The highest BCUT2D eigenvalue weighted by Gasteiger charge is 2.26. The first-order valence-corrected chi connectivity index (χ1v) is 4.67. The van der Waals surface area contributed by atoms with E-state index in [1.165, 1.54) is 6.42 Å². The zero-order chi connectivity index (χ0) is 8.97. The van der Waals surface area contributed by atoms with Crippen molar-refractivity contribution < 1.29 is 4.74 Å². The zero-order valence-electron chi connectivity index (χ0n) is 8.26. The Bertz CT molecular complexity index is 99.9. The fourth-order valence-electron chi connectivity index (χ4n) is 1.93. The van der Waals surface area contributed by atoms with Gasteiger partial charge in [0.1, 0.15) is 0 Å². The highest BCUT2D eigenvalue weighted by Crippen LogP contribution is 2.20. The van der Waals surface area contributed by atoms with Crippen molar-refractivity contribution in [2.24, 2.45) is 0 Å². The Morgan fingerprint density at radius 2 is 1.50 bits per heavy atom. The molecular formula is C9H20N2O. The minimum Gasteiger partial charge on any atom is -0.381 e. The molecule has 0 aromatic carbocycles. The van der Waals surface area contributed by atoms with Gasteiger partial charge < -0.3 is 15.4 Å². The molecule has 2 N–H and O–H groups in total. The Labute approximate surface area is 74.9 Å². The van der Waals surface area contributed by atoms with Crippen molar-refractivity contribution in [2.45, 2.75) is 37.5 Å². The third-order valence-corrected chi connectivity index (χ3v) is 2.81. The molecule has 0 amide bonds. The van der Waals surface area contributed by atoms with E-state index in [-0.39, 0.29) is 0 Å². The number of ether oxygens (including phenoxy) is 1. The van der Waals surface area contributed by atoms with Gasteiger partial charge in [0.15, 0.2) is 0 Å². The summed E-state index contributed by atoms with van der Waals surface area (Å²) in [6, 6.07) is 1.22. The molecule has 1 unspecified atom stereocenters. The van der Waals surface area contributed by atoms with Crippen LogP contribution < -0.4 is 10.6 Å². The van der Waals surface area contributed by atoms with Crippen LogP contribution in [0.4, 0.5) is 0 Å². The van der Waals surface area contributed by atoms with Crippen molar-refractivity contribution >= 4 is 0 Å². The van der Waals surface area contributed by atoms with E-state index in [1.54, 1.807) is 7.11 Å². The molecule has 0 aliphatic heterocycles. The van der Waals surface area contributed by atoms with Gasteiger partial charge in [0.05, 0.1) is 6.10 Å². The normalized spacial score (nSPS) is 36.8. The molecule has 0 aromatic heterocycles. The molecule has 0 saturated heterocycles. The van der Waals surface area contributed by atoms with E-state index in [9.17, 15) is 0 Å². The molecule has 0 bridgehead atoms. The van der Waals surface area contributed by atoms with Crippen LogP contribution in [0.25, 0.3) is 0 Å². The van der Waals surface area contributed by atoms with Gasteiger partial charge in [-0.2, -0.15) is 0 Å². The second-order valence-corrected chi connectivity index (χ2v) is 3.54. The first-order chi connectivity index (χ1) is 5.80. The van der Waals surface area contributed by atoms with E-state index in [2.05, 4.69) is 10.6 Å². The summed E-state index contributed by atoms with van der Waals surface area (Å²) < 4.78 is 5.38. The zero-order valence-corrected chi connectivity index (χ0v) is 8.26. The van der Waals surface area contributed by atoms with Gasteiger partial charge in [0, 0.05) is 19.2 Å². The highest BCUT2D eigenvalue weighted by atomic mass is 16.5. The Hall–Kier alpha value is -0.120. The quantitative estimate of drug-likeness (QED) is 0.645. The Balaban J connectivity index is 2.41. The van der Waals surface area contributed by atoms with Crippen LogP contribution in [-0.2, 0) is 4.74 Å². The summed E-state index contributed by atoms with van der Waals surface area (Å²) in [5.41, 5.74) is 0. The molecule has 0 radical (unpaired) electrons. The lowest BCUT2D eigenvalue weighted by Crippen LogP contribution is -2.45. The molecule has 0 aromatic rings. The average molecular weight is 172 g/mol. The monoisotopic (exact) mass is 172 g/mol. The number of rotatable bonds is 3. The lowest BCUT2D eigenvalue weighted by atomic mass is 9.89. The summed E-state index contributed by atoms with van der Waals surface area (Å²) in [7, 11) is 5.85. The molecule has 3 heteroatoms. The van der Waals surface area contributed by atoms with Crippen molar-refractivity contribution in [1.29, 1.82) is 0 Å². The van der Waals surface area contributed by atoms with Gasteiger partial charge in [0.25, 0.3) is 0 Å². The minimum absolute atomic E-state index is 0.425. The van der Waals surface area contributed by atoms with Crippen LogP contribution >= 0.6 is 0 Å². The van der Waals surface area contributed by atoms with Crippen LogP contribution in [0.5, 0.6) is 0 Å². The van der Waals surface area contributed by atoms with Crippen molar-refractivity contribution in [1.82, 2.24) is 10.6 Å². The van der Waals surface area contributed by atoms with Crippen LogP contribution in [0.1, 0.15) is 19.3 Å². The summed E-state index contributed by atoms with van der Waals surface area (Å²) >= 11 is 0. The fraction of sp³-hybridized carbons (Fsp3) is 1.00. The topological polar surface area (TPSA) is 33.3 Å². The third-order valence-electron chi connectivity index (χ3n) is 2.81. The van der Waals surface area contributed by atoms with Gasteiger partial charge in [-0.3, -0.25) is 0 Å². The largest absolute Gasteiger partial charge is 0.381 e. The molecule has 3 nitrogen and oxygen atoms in total. The average Bonchev–Trinajstić information content (AvgIpc) is 2.16. The molecule has 1 saturated carbocycles. The van der Waals surface area contributed by atoms with Crippen molar-refractivity contribution in [3.05, 3.63) is 0 Å². The smallest absolute Gasteiger partial charge is 0.0601 e. The van der Waals surface area contributed by atoms with E-state index in [0.29, 0.717) is 18.2 Å². The Morgan fingerprint density at radius 3 is 1.83 bits per heavy atom. The second-order valence-electron chi connectivity index (χ2n) is 3.54. The molecule has 3 atom stereocenters. The summed E-state index contributed by atoms with van der Waals surface area (Å²) in [6.45, 7) is 0. The summed E-state index contributed by atoms with van der Waals surface area (Å²) in [6.07, 6.45) is 3.93. The van der Waals surface area contributed by atoms with Crippen LogP contribution in [0.2, 0.25) is 0 Å². The van der Waals surface area contributed by atoms with Crippen molar-refractivity contribution in [2.75, 3.05) is 21.2 Å². The molecule has 0 heterocycles. The Morgan fingerprint density at radius 1 is 1.00 bits per heavy atom. The van der Waals surface area contributed by atoms with Crippen LogP contribution in [-0.4, -0.2) is 39.4 Å². The molecule has 12 heavy (non-hydrogen) atoms. The van der Waals surface area contributed by atoms with E-state index in [1.807, 2.05) is 14.1 Å². The molecule has 1 aliphatic carbocycles. The van der Waals surface area contributed by atoms with Crippen LogP contribution in [0.3, 0.4) is 0 Å². The molecule has 1 fully saturated rings. The summed E-state index contributed by atoms with van der Waals surface area (Å²) in [5, 5.41) is 6.62. The molecule has 1 aliphatic rings. The minimum atomic E-state index is 0.425. The van der Waals surface area contributed by atoms with E-state index < -0.39 is 0 Å². The predicted octanol–water partition coefficient (Wildman–Crippen LogP) is 0.361. The van der Waals surface area contributed by atoms with Crippen LogP contribution in [0, 0.1) is 0 Å². The van der Waals surface area contributed by atoms with Gasteiger partial charge in [0.2, 0.25) is 0 Å². The lowest BCUT2D eigenvalue weighted by molar-refractivity contribution is 0.0485. The number of hydrogen-bond donors (Lipinski definition) is 2. The van der Waals surface area contributed by atoms with E-state index in [0.717, 1.165) is 12.8 Å². The molecule has 0 spiro atoms. The maximum absolute atomic E-state index is 5.38. The maximum atomic E-state index is 5.38. The maximum Gasteiger partial charge on any atom is 0.0601 e. The van der Waals surface area contributed by atoms with Crippen LogP contribution in [0.15, 0.2) is 0 Å². The van der Waals surface area contributed by atoms with Crippen molar-refractivity contribution in [3.63, 3.8) is 0 Å². The summed E-state index contributed by atoms with van der Waals surface area (Å²) in [5.74, 6) is 0. The van der Waals surface area contributed by atoms with E-state index in [4.69, 9.17) is 4.74 Å². The Kier molecular flexibility index (Phi) is 3.98. The van der Waals surface area contributed by atoms with Gasteiger partial charge in [-0.15, -0.1) is 0 Å². The van der Waals surface area contributed by atoms with Crippen molar-refractivity contribution in [3.8, 4) is 0 Å². The van der Waals surface area contributed by atoms with E-state index >= 15 is 0 Å². The number of methoxy groups -OCH3 is 1. The lowest BCUT2D eigenvalue weighted by Gasteiger charge is -2.33. The van der Waals surface area contributed by atoms with Gasteiger partial charge >= 0.3 is 0 Å². The molecule has 1 rings (SSSR count). The van der Waals surface area contributed by atoms with Gasteiger partial charge in [-0.25, -0.2) is 0 Å². The first-order valence-electron chi connectivity index (χ1n) is 4.67. The predicted molar refractivity (Wildman–Crippen MR) is 50.3 cm³/mol. The number of nitrogens with one attached hydrogen (secondary N) is 2. The summed E-state index contributed by atoms with van der Waals surface area (Å²) in [4.78, 5) is 0. The fourth-order valence-corrected chi connectivity index (χ4v) is 1.93. The highest BCUT2D eigenvalue weighted by molar-refractivity contribution is 4.85. The third kappa shape index (κ3) is 2.44. The molecular weight excluding hydrogens is 152 g/mol. The first kappa shape index (κ1) is 9.96. The van der Waals surface area contributed by atoms with Gasteiger partial charge in [-0.05, 0) is 33.4 Å².